The van der Waals surface area contributed by atoms with Gasteiger partial charge in [-0.2, -0.15) is 5.10 Å². The number of hydrogen-bond donors (Lipinski definition) is 2. The van der Waals surface area contributed by atoms with Gasteiger partial charge in [0.2, 0.25) is 5.91 Å². The van der Waals surface area contributed by atoms with Crippen molar-refractivity contribution in [1.29, 1.82) is 0 Å². The highest BCUT2D eigenvalue weighted by Crippen LogP contribution is 2.30. The minimum atomic E-state index is -0.859. The minimum Gasteiger partial charge on any atom is -0.336 e. The molecule has 1 aliphatic heterocycles. The number of aromatic nitrogens is 2. The average Bonchev–Trinajstić information content (AvgIpc) is 2.97. The molecule has 0 spiro atoms. The smallest absolute Gasteiger partial charge is 0.242 e. The Hall–Kier alpha value is -1.85. The average molecular weight is 347 g/mol. The van der Waals surface area contributed by atoms with Crippen LogP contribution in [0.4, 0.5) is 0 Å². The van der Waals surface area contributed by atoms with Crippen molar-refractivity contribution in [3.05, 3.63) is 40.5 Å². The zero-order valence-corrected chi connectivity index (χ0v) is 15.0. The molecule has 1 amide bonds. The number of carbonyl (C=O) groups excluding carboxylic acids is 1. The monoisotopic (exact) mass is 346 g/mol. The molecule has 1 aromatic heterocycles. The van der Waals surface area contributed by atoms with Crippen molar-refractivity contribution in [2.24, 2.45) is 11.7 Å². The number of benzene rings is 1. The Morgan fingerprint density at radius 2 is 2.04 bits per heavy atom. The second kappa shape index (κ2) is 6.22. The highest BCUT2D eigenvalue weighted by atomic mass is 35.5. The van der Waals surface area contributed by atoms with Crippen LogP contribution < -0.4 is 5.73 Å². The molecule has 3 rings (SSSR count). The lowest BCUT2D eigenvalue weighted by atomic mass is 9.87. The van der Waals surface area contributed by atoms with Crippen LogP contribution in [0.15, 0.2) is 24.3 Å². The van der Waals surface area contributed by atoms with Crippen LogP contribution in [0.3, 0.4) is 0 Å². The van der Waals surface area contributed by atoms with E-state index in [0.717, 1.165) is 28.9 Å². The van der Waals surface area contributed by atoms with Crippen molar-refractivity contribution in [2.75, 3.05) is 6.54 Å². The number of H-pyrrole nitrogens is 1. The summed E-state index contributed by atoms with van der Waals surface area (Å²) in [5, 5.41) is 8.25. The molecule has 0 radical (unpaired) electrons. The van der Waals surface area contributed by atoms with E-state index in [1.165, 1.54) is 0 Å². The van der Waals surface area contributed by atoms with E-state index < -0.39 is 5.54 Å². The van der Waals surface area contributed by atoms with Gasteiger partial charge >= 0.3 is 0 Å². The number of rotatable bonds is 3. The Balaban J connectivity index is 1.89. The maximum atomic E-state index is 12.8. The number of fused-ring (bicyclic) bond motifs is 1. The SMILES string of the molecule is CC(C)[C@@](C)(N)C(=O)N1CCc2[nH]nc(-c3ccc(Cl)cc3)c2C1. The summed E-state index contributed by atoms with van der Waals surface area (Å²) < 4.78 is 0. The summed E-state index contributed by atoms with van der Waals surface area (Å²) in [5.41, 5.74) is 9.43. The Morgan fingerprint density at radius 1 is 1.38 bits per heavy atom. The van der Waals surface area contributed by atoms with Crippen LogP contribution in [0.2, 0.25) is 5.02 Å². The third-order valence-corrected chi connectivity index (χ3v) is 5.25. The third kappa shape index (κ3) is 2.94. The molecule has 0 saturated carbocycles. The lowest BCUT2D eigenvalue weighted by Gasteiger charge is -2.36. The number of nitrogens with one attached hydrogen (secondary N) is 1. The highest BCUT2D eigenvalue weighted by Gasteiger charge is 2.37. The number of halogens is 1. The van der Waals surface area contributed by atoms with Gasteiger partial charge in [0, 0.05) is 41.4 Å². The first kappa shape index (κ1) is 17.0. The van der Waals surface area contributed by atoms with Gasteiger partial charge in [-0.3, -0.25) is 9.89 Å². The van der Waals surface area contributed by atoms with Crippen LogP contribution in [-0.2, 0) is 17.8 Å². The number of hydrogen-bond acceptors (Lipinski definition) is 3. The zero-order valence-electron chi connectivity index (χ0n) is 14.3. The topological polar surface area (TPSA) is 75.0 Å². The highest BCUT2D eigenvalue weighted by molar-refractivity contribution is 6.30. The summed E-state index contributed by atoms with van der Waals surface area (Å²) in [5.74, 6) is 0.0675. The molecule has 0 saturated heterocycles. The van der Waals surface area contributed by atoms with Gasteiger partial charge in [0.1, 0.15) is 0 Å². The van der Waals surface area contributed by atoms with Crippen molar-refractivity contribution in [1.82, 2.24) is 15.1 Å². The molecule has 1 atom stereocenters. The molecule has 2 heterocycles. The van der Waals surface area contributed by atoms with Crippen LogP contribution >= 0.6 is 11.6 Å². The van der Waals surface area contributed by atoms with Crippen molar-refractivity contribution in [3.8, 4) is 11.3 Å². The molecule has 0 aliphatic carbocycles. The van der Waals surface area contributed by atoms with Crippen LogP contribution in [0.25, 0.3) is 11.3 Å². The quantitative estimate of drug-likeness (QED) is 0.897. The Labute approximate surface area is 147 Å². The Kier molecular flexibility index (Phi) is 4.40. The van der Waals surface area contributed by atoms with E-state index in [1.807, 2.05) is 49.9 Å². The molecular weight excluding hydrogens is 324 g/mol. The maximum absolute atomic E-state index is 12.8. The number of nitrogens with two attached hydrogens (primary N) is 1. The van der Waals surface area contributed by atoms with E-state index in [4.69, 9.17) is 17.3 Å². The lowest BCUT2D eigenvalue weighted by Crippen LogP contribution is -2.57. The van der Waals surface area contributed by atoms with E-state index in [9.17, 15) is 4.79 Å². The predicted octanol–water partition coefficient (Wildman–Crippen LogP) is 2.99. The molecule has 1 aliphatic rings. The number of amides is 1. The number of carbonyl (C=O) groups is 1. The van der Waals surface area contributed by atoms with E-state index >= 15 is 0 Å². The van der Waals surface area contributed by atoms with Crippen molar-refractivity contribution >= 4 is 17.5 Å². The molecular formula is C18H23ClN4O. The fourth-order valence-corrected chi connectivity index (χ4v) is 3.03. The van der Waals surface area contributed by atoms with Gasteiger partial charge in [-0.15, -0.1) is 0 Å². The standard InChI is InChI=1S/C18H23ClN4O/c1-11(2)18(3,20)17(24)23-9-8-15-14(10-23)16(22-21-15)12-4-6-13(19)7-5-12/h4-7,11H,8-10,20H2,1-3H3,(H,21,22)/t18-/m1/s1. The van der Waals surface area contributed by atoms with E-state index in [2.05, 4.69) is 10.2 Å². The fourth-order valence-electron chi connectivity index (χ4n) is 2.90. The fraction of sp³-hybridized carbons (Fsp3) is 0.444. The molecule has 3 N–H and O–H groups in total. The van der Waals surface area contributed by atoms with Gasteiger partial charge in [0.25, 0.3) is 0 Å². The summed E-state index contributed by atoms with van der Waals surface area (Å²) in [6.07, 6.45) is 0.760. The molecule has 1 aromatic carbocycles. The molecule has 128 valence electrons. The first-order valence-electron chi connectivity index (χ1n) is 8.21. The summed E-state index contributed by atoms with van der Waals surface area (Å²) in [4.78, 5) is 14.7. The number of nitrogens with zero attached hydrogens (tertiary/aromatic N) is 2. The molecule has 0 unspecified atom stereocenters. The van der Waals surface area contributed by atoms with Gasteiger partial charge in [0.15, 0.2) is 0 Å². The lowest BCUT2D eigenvalue weighted by molar-refractivity contribution is -0.139. The van der Waals surface area contributed by atoms with Crippen LogP contribution in [-0.4, -0.2) is 33.1 Å². The number of aromatic amines is 1. The molecule has 24 heavy (non-hydrogen) atoms. The van der Waals surface area contributed by atoms with Crippen LogP contribution in [0, 0.1) is 5.92 Å². The van der Waals surface area contributed by atoms with Crippen LogP contribution in [0.5, 0.6) is 0 Å². The van der Waals surface area contributed by atoms with Gasteiger partial charge in [-0.25, -0.2) is 0 Å². The largest absolute Gasteiger partial charge is 0.336 e. The predicted molar refractivity (Wildman–Crippen MR) is 95.6 cm³/mol. The van der Waals surface area contributed by atoms with Gasteiger partial charge in [-0.05, 0) is 25.0 Å². The second-order valence-corrected chi connectivity index (χ2v) is 7.39. The summed E-state index contributed by atoms with van der Waals surface area (Å²) in [6.45, 7) is 6.95. The maximum Gasteiger partial charge on any atom is 0.242 e. The van der Waals surface area contributed by atoms with Crippen molar-refractivity contribution in [2.45, 2.75) is 39.3 Å². The molecule has 6 heteroatoms. The van der Waals surface area contributed by atoms with Gasteiger partial charge in [-0.1, -0.05) is 37.6 Å². The Morgan fingerprint density at radius 3 is 2.67 bits per heavy atom. The first-order valence-corrected chi connectivity index (χ1v) is 8.58. The summed E-state index contributed by atoms with van der Waals surface area (Å²) >= 11 is 5.97. The molecule has 2 aromatic rings. The van der Waals surface area contributed by atoms with Crippen LogP contribution in [0.1, 0.15) is 32.0 Å². The Bertz CT molecular complexity index is 749. The molecule has 0 bridgehead atoms. The van der Waals surface area contributed by atoms with E-state index in [1.54, 1.807) is 0 Å². The summed E-state index contributed by atoms with van der Waals surface area (Å²) in [7, 11) is 0. The molecule has 5 nitrogen and oxygen atoms in total. The van der Waals surface area contributed by atoms with Crippen molar-refractivity contribution in [3.63, 3.8) is 0 Å². The van der Waals surface area contributed by atoms with Crippen molar-refractivity contribution < 1.29 is 4.79 Å². The summed E-state index contributed by atoms with van der Waals surface area (Å²) in [6, 6.07) is 7.58. The third-order valence-electron chi connectivity index (χ3n) is 5.00. The second-order valence-electron chi connectivity index (χ2n) is 6.95. The zero-order chi connectivity index (χ0) is 17.5. The van der Waals surface area contributed by atoms with E-state index in [-0.39, 0.29) is 11.8 Å². The minimum absolute atomic E-state index is 0.00796. The molecule has 0 fully saturated rings. The van der Waals surface area contributed by atoms with E-state index in [0.29, 0.717) is 18.1 Å². The van der Waals surface area contributed by atoms with Gasteiger partial charge in [0.05, 0.1) is 11.2 Å². The first-order chi connectivity index (χ1) is 11.3. The normalized spacial score (nSPS) is 16.8. The van der Waals surface area contributed by atoms with Gasteiger partial charge < -0.3 is 10.6 Å².